The second-order valence-corrected chi connectivity index (χ2v) is 9.54. The zero-order valence-electron chi connectivity index (χ0n) is 12.8. The van der Waals surface area contributed by atoms with Crippen molar-refractivity contribution in [3.63, 3.8) is 0 Å². The molecule has 0 bridgehead atoms. The fourth-order valence-electron chi connectivity index (χ4n) is 2.21. The Hall–Kier alpha value is -2.38. The van der Waals surface area contributed by atoms with Gasteiger partial charge >= 0.3 is 150 Å². The number of nitrogens with one attached hydrogen (secondary N) is 1. The first-order valence-corrected chi connectivity index (χ1v) is 11.3. The summed E-state index contributed by atoms with van der Waals surface area (Å²) in [7, 11) is 0. The van der Waals surface area contributed by atoms with Gasteiger partial charge in [0.2, 0.25) is 0 Å². The van der Waals surface area contributed by atoms with E-state index in [9.17, 15) is 8.53 Å². The number of carbonyl (C=O) groups is 1. The van der Waals surface area contributed by atoms with E-state index in [1.165, 1.54) is 24.3 Å². The van der Waals surface area contributed by atoms with E-state index in [-0.39, 0.29) is 15.4 Å². The third-order valence-electron chi connectivity index (χ3n) is 3.36. The number of hydrogen-bond acceptors (Lipinski definition) is 5. The molecule has 0 spiro atoms. The zero-order chi connectivity index (χ0) is 18.0. The molecule has 1 aromatic heterocycles. The maximum absolute atomic E-state index is 12.6. The summed E-state index contributed by atoms with van der Waals surface area (Å²) in [4.78, 5) is 17.1. The van der Waals surface area contributed by atoms with Crippen LogP contribution in [0.4, 0.5) is 10.8 Å². The van der Waals surface area contributed by atoms with Crippen LogP contribution in [0.15, 0.2) is 54.6 Å². The summed E-state index contributed by atoms with van der Waals surface area (Å²) in [6.45, 7) is 0. The zero-order valence-corrected chi connectivity index (χ0v) is 15.5. The molecule has 0 aliphatic rings. The molecule has 128 valence electrons. The minimum absolute atomic E-state index is 0.0527. The van der Waals surface area contributed by atoms with Crippen molar-refractivity contribution in [2.75, 3.05) is 11.1 Å². The molecule has 1 heterocycles. The van der Waals surface area contributed by atoms with Crippen molar-refractivity contribution in [3.8, 4) is 11.3 Å². The van der Waals surface area contributed by atoms with Crippen molar-refractivity contribution < 1.29 is 16.7 Å². The average molecular weight is 419 g/mol. The number of carbonyl (C=O) groups excluding carboxylic acids is 1. The summed E-state index contributed by atoms with van der Waals surface area (Å²) in [5, 5.41) is 2.97. The van der Waals surface area contributed by atoms with Gasteiger partial charge in [-0.1, -0.05) is 0 Å². The molecule has 0 saturated carbocycles. The number of aromatic nitrogens is 1. The number of thiazole rings is 1. The first-order chi connectivity index (χ1) is 11.8. The van der Waals surface area contributed by atoms with Gasteiger partial charge in [0.15, 0.2) is 0 Å². The number of rotatable bonds is 4. The molecular formula is C16H14AsN3O4S. The number of anilines is 2. The Morgan fingerprint density at radius 1 is 1.08 bits per heavy atom. The van der Waals surface area contributed by atoms with Gasteiger partial charge in [0.1, 0.15) is 0 Å². The van der Waals surface area contributed by atoms with Crippen molar-refractivity contribution in [1.82, 2.24) is 4.98 Å². The van der Waals surface area contributed by atoms with Gasteiger partial charge in [-0.15, -0.1) is 0 Å². The molecule has 0 aliphatic heterocycles. The molecule has 0 unspecified atom stereocenters. The Bertz CT molecular complexity index is 951. The maximum atomic E-state index is 12.6. The number of nitrogens with two attached hydrogens (primary N) is 1. The van der Waals surface area contributed by atoms with E-state index in [0.29, 0.717) is 16.3 Å². The van der Waals surface area contributed by atoms with E-state index >= 15 is 0 Å². The van der Waals surface area contributed by atoms with Crippen LogP contribution in [0, 0.1) is 0 Å². The molecule has 0 fully saturated rings. The van der Waals surface area contributed by atoms with Gasteiger partial charge in [-0.3, -0.25) is 0 Å². The second kappa shape index (κ2) is 6.85. The normalized spacial score (nSPS) is 11.3. The fourth-order valence-corrected chi connectivity index (χ4v) is 4.09. The monoisotopic (exact) mass is 419 g/mol. The summed E-state index contributed by atoms with van der Waals surface area (Å²) in [6, 6.07) is 14.7. The molecule has 3 aromatic rings. The molecule has 0 radical (unpaired) electrons. The van der Waals surface area contributed by atoms with Gasteiger partial charge in [-0.25, -0.2) is 0 Å². The Labute approximate surface area is 150 Å². The van der Waals surface area contributed by atoms with Crippen LogP contribution in [0.5, 0.6) is 0 Å². The molecule has 1 amide bonds. The molecular weight excluding hydrogens is 405 g/mol. The van der Waals surface area contributed by atoms with Crippen molar-refractivity contribution in [2.24, 2.45) is 0 Å². The van der Waals surface area contributed by atoms with E-state index in [4.69, 9.17) is 13.9 Å². The molecule has 5 N–H and O–H groups in total. The van der Waals surface area contributed by atoms with Crippen molar-refractivity contribution >= 4 is 46.6 Å². The van der Waals surface area contributed by atoms with E-state index in [1.54, 1.807) is 0 Å². The average Bonchev–Trinajstić information content (AvgIpc) is 2.97. The molecule has 0 aliphatic carbocycles. The van der Waals surface area contributed by atoms with E-state index in [2.05, 4.69) is 10.3 Å². The van der Waals surface area contributed by atoms with Crippen molar-refractivity contribution in [1.29, 1.82) is 0 Å². The van der Waals surface area contributed by atoms with Gasteiger partial charge in [0.05, 0.1) is 0 Å². The van der Waals surface area contributed by atoms with E-state index in [0.717, 1.165) is 16.9 Å². The number of nitrogen functional groups attached to an aromatic ring is 1. The summed E-state index contributed by atoms with van der Waals surface area (Å²) in [5.74, 6) is -0.387. The van der Waals surface area contributed by atoms with E-state index in [1.807, 2.05) is 30.3 Å². The quantitative estimate of drug-likeness (QED) is 0.471. The van der Waals surface area contributed by atoms with Gasteiger partial charge in [0.25, 0.3) is 0 Å². The molecule has 2 aromatic carbocycles. The van der Waals surface area contributed by atoms with Crippen LogP contribution in [0.2, 0.25) is 0 Å². The Morgan fingerprint density at radius 2 is 1.72 bits per heavy atom. The minimum atomic E-state index is -4.94. The SMILES string of the molecule is Nc1nc(-c2ccccc2)c(C(=O)Nc2ccc([As](=O)(O)O)cc2)s1. The summed E-state index contributed by atoms with van der Waals surface area (Å²) < 4.78 is 29.5. The van der Waals surface area contributed by atoms with Crippen molar-refractivity contribution in [3.05, 3.63) is 59.5 Å². The molecule has 3 rings (SSSR count). The fraction of sp³-hybridized carbons (Fsp3) is 0. The van der Waals surface area contributed by atoms with Crippen LogP contribution < -0.4 is 15.4 Å². The third-order valence-corrected chi connectivity index (χ3v) is 6.28. The van der Waals surface area contributed by atoms with Gasteiger partial charge in [-0.2, -0.15) is 0 Å². The first kappa shape index (κ1) is 17.4. The third kappa shape index (κ3) is 4.00. The van der Waals surface area contributed by atoms with Gasteiger partial charge in [-0.05, 0) is 0 Å². The molecule has 25 heavy (non-hydrogen) atoms. The Morgan fingerprint density at radius 3 is 2.32 bits per heavy atom. The Balaban J connectivity index is 1.86. The molecule has 9 heteroatoms. The number of amides is 1. The van der Waals surface area contributed by atoms with Crippen LogP contribution in [-0.2, 0) is 3.74 Å². The predicted octanol–water partition coefficient (Wildman–Crippen LogP) is 1.21. The topological polar surface area (TPSA) is 126 Å². The van der Waals surface area contributed by atoms with Crippen LogP contribution in [0.25, 0.3) is 11.3 Å². The summed E-state index contributed by atoms with van der Waals surface area (Å²) in [6.07, 6.45) is 0. The predicted molar refractivity (Wildman–Crippen MR) is 96.9 cm³/mol. The number of benzene rings is 2. The van der Waals surface area contributed by atoms with Crippen LogP contribution in [0.3, 0.4) is 0 Å². The van der Waals surface area contributed by atoms with Crippen LogP contribution in [0.1, 0.15) is 9.67 Å². The van der Waals surface area contributed by atoms with Crippen LogP contribution >= 0.6 is 11.3 Å². The second-order valence-electron chi connectivity index (χ2n) is 5.14. The first-order valence-electron chi connectivity index (χ1n) is 7.14. The molecule has 0 saturated heterocycles. The summed E-state index contributed by atoms with van der Waals surface area (Å²) >= 11 is -3.86. The number of nitrogens with zero attached hydrogens (tertiary/aromatic N) is 1. The van der Waals surface area contributed by atoms with E-state index < -0.39 is 14.2 Å². The number of hydrogen-bond donors (Lipinski definition) is 4. The van der Waals surface area contributed by atoms with Gasteiger partial charge in [0, 0.05) is 0 Å². The molecule has 0 atom stereocenters. The summed E-state index contributed by atoms with van der Waals surface area (Å²) in [5.41, 5.74) is 7.45. The van der Waals surface area contributed by atoms with Crippen molar-refractivity contribution in [2.45, 2.75) is 0 Å². The standard InChI is InChI=1S/C16H14AsN3O4S/c18-16-20-13(10-4-2-1-3-5-10)14(25-16)15(21)19-12-8-6-11(7-9-12)17(22,23)24/h1-9H,(H2,18,20)(H,19,21)(H2,22,23,24). The van der Waals surface area contributed by atoms with Gasteiger partial charge < -0.3 is 0 Å². The molecule has 7 nitrogen and oxygen atoms in total. The Kier molecular flexibility index (Phi) is 4.78. The van der Waals surface area contributed by atoms with Crippen LogP contribution in [-0.4, -0.2) is 33.3 Å².